The van der Waals surface area contributed by atoms with Gasteiger partial charge in [0.1, 0.15) is 21.7 Å². The highest BCUT2D eigenvalue weighted by Crippen LogP contribution is 2.40. The van der Waals surface area contributed by atoms with Crippen molar-refractivity contribution in [2.45, 2.75) is 31.2 Å². The second-order valence-corrected chi connectivity index (χ2v) is 11.6. The summed E-state index contributed by atoms with van der Waals surface area (Å²) in [5.74, 6) is 0.850. The Bertz CT molecular complexity index is 1470. The van der Waals surface area contributed by atoms with Crippen molar-refractivity contribution in [2.24, 2.45) is 0 Å². The quantitative estimate of drug-likeness (QED) is 0.258. The zero-order valence-electron chi connectivity index (χ0n) is 21.7. The molecule has 0 spiro atoms. The van der Waals surface area contributed by atoms with Crippen molar-refractivity contribution in [3.05, 3.63) is 72.1 Å². The number of carbonyl (C=O) groups excluding carboxylic acids is 1. The minimum Gasteiger partial charge on any atom is -0.495 e. The van der Waals surface area contributed by atoms with Gasteiger partial charge in [0.2, 0.25) is 10.0 Å². The molecule has 200 valence electrons. The number of unbranched alkanes of at least 4 members (excludes halogenated alkanes) is 1. The standard InChI is InChI=1S/C27H30N4O5S2/c1-5-6-17-30(2)38(33,34)21-12-10-19(11-13-21)26(32)31(18-20-9-7-8-16-28-20)27-29-24-22(35-3)14-15-23(36-4)25(24)37-27/h7-16H,5-6,17-18H2,1-4H3. The number of aromatic nitrogens is 2. The molecule has 0 fully saturated rings. The first-order chi connectivity index (χ1) is 18.3. The number of hydrogen-bond donors (Lipinski definition) is 0. The van der Waals surface area contributed by atoms with Gasteiger partial charge in [0, 0.05) is 25.4 Å². The van der Waals surface area contributed by atoms with Crippen LogP contribution in [0.3, 0.4) is 0 Å². The molecule has 0 atom stereocenters. The molecule has 4 aromatic rings. The molecular weight excluding hydrogens is 524 g/mol. The first kappa shape index (κ1) is 27.5. The zero-order valence-corrected chi connectivity index (χ0v) is 23.4. The molecule has 0 aliphatic rings. The van der Waals surface area contributed by atoms with Crippen molar-refractivity contribution in [2.75, 3.05) is 32.7 Å². The van der Waals surface area contributed by atoms with Gasteiger partial charge in [-0.2, -0.15) is 0 Å². The van der Waals surface area contributed by atoms with Crippen molar-refractivity contribution in [1.29, 1.82) is 0 Å². The van der Waals surface area contributed by atoms with Gasteiger partial charge in [-0.05, 0) is 55.0 Å². The van der Waals surface area contributed by atoms with E-state index in [9.17, 15) is 13.2 Å². The predicted molar refractivity (Wildman–Crippen MR) is 149 cm³/mol. The maximum atomic E-state index is 13.8. The fraction of sp³-hybridized carbons (Fsp3) is 0.296. The SMILES string of the molecule is CCCCN(C)S(=O)(=O)c1ccc(C(=O)N(Cc2ccccn2)c2nc3c(OC)ccc(OC)c3s2)cc1. The number of thiazole rings is 1. The summed E-state index contributed by atoms with van der Waals surface area (Å²) in [4.78, 5) is 24.6. The Morgan fingerprint density at radius 1 is 1.00 bits per heavy atom. The summed E-state index contributed by atoms with van der Waals surface area (Å²) in [6.45, 7) is 2.61. The molecule has 11 heteroatoms. The van der Waals surface area contributed by atoms with E-state index in [0.29, 0.717) is 39.9 Å². The Morgan fingerprint density at radius 3 is 2.34 bits per heavy atom. The molecule has 2 aromatic carbocycles. The van der Waals surface area contributed by atoms with Crippen molar-refractivity contribution in [3.63, 3.8) is 0 Å². The number of benzene rings is 2. The summed E-state index contributed by atoms with van der Waals surface area (Å²) >= 11 is 1.31. The molecule has 0 aliphatic carbocycles. The van der Waals surface area contributed by atoms with Crippen molar-refractivity contribution < 1.29 is 22.7 Å². The second kappa shape index (κ2) is 11.9. The maximum absolute atomic E-state index is 13.8. The number of rotatable bonds is 11. The van der Waals surface area contributed by atoms with Crippen molar-refractivity contribution in [1.82, 2.24) is 14.3 Å². The Morgan fingerprint density at radius 2 is 1.71 bits per heavy atom. The van der Waals surface area contributed by atoms with E-state index in [0.717, 1.165) is 17.5 Å². The Balaban J connectivity index is 1.72. The van der Waals surface area contributed by atoms with Crippen LogP contribution in [0.5, 0.6) is 11.5 Å². The molecule has 9 nitrogen and oxygen atoms in total. The van der Waals surface area contributed by atoms with E-state index in [2.05, 4.69) is 4.98 Å². The molecule has 4 rings (SSSR count). The molecule has 1 amide bonds. The summed E-state index contributed by atoms with van der Waals surface area (Å²) in [5.41, 5.74) is 1.59. The first-order valence-corrected chi connectivity index (χ1v) is 14.4. The average Bonchev–Trinajstić information content (AvgIpc) is 3.39. The highest BCUT2D eigenvalue weighted by molar-refractivity contribution is 7.89. The minimum atomic E-state index is -3.65. The van der Waals surface area contributed by atoms with E-state index in [4.69, 9.17) is 14.5 Å². The fourth-order valence-electron chi connectivity index (χ4n) is 3.88. The summed E-state index contributed by atoms with van der Waals surface area (Å²) < 4.78 is 38.9. The van der Waals surface area contributed by atoms with Gasteiger partial charge in [-0.25, -0.2) is 17.7 Å². The van der Waals surface area contributed by atoms with Crippen LogP contribution in [0.4, 0.5) is 5.13 Å². The largest absolute Gasteiger partial charge is 0.495 e. The van der Waals surface area contributed by atoms with Gasteiger partial charge in [0.25, 0.3) is 5.91 Å². The molecule has 0 radical (unpaired) electrons. The van der Waals surface area contributed by atoms with E-state index < -0.39 is 10.0 Å². The lowest BCUT2D eigenvalue weighted by Gasteiger charge is -2.20. The van der Waals surface area contributed by atoms with Crippen molar-refractivity contribution in [3.8, 4) is 11.5 Å². The number of fused-ring (bicyclic) bond motifs is 1. The average molecular weight is 555 g/mol. The van der Waals surface area contributed by atoms with Crippen LogP contribution in [0.15, 0.2) is 65.7 Å². The maximum Gasteiger partial charge on any atom is 0.260 e. The lowest BCUT2D eigenvalue weighted by Crippen LogP contribution is -2.31. The highest BCUT2D eigenvalue weighted by Gasteiger charge is 2.26. The third kappa shape index (κ3) is 5.64. The fourth-order valence-corrected chi connectivity index (χ4v) is 6.16. The monoisotopic (exact) mass is 554 g/mol. The van der Waals surface area contributed by atoms with Gasteiger partial charge < -0.3 is 9.47 Å². The lowest BCUT2D eigenvalue weighted by atomic mass is 10.2. The summed E-state index contributed by atoms with van der Waals surface area (Å²) in [5, 5.41) is 0.439. The number of hydrogen-bond acceptors (Lipinski definition) is 8. The van der Waals surface area contributed by atoms with Crippen molar-refractivity contribution >= 4 is 42.6 Å². The Labute approximate surface area is 226 Å². The van der Waals surface area contributed by atoms with Crippen LogP contribution in [-0.4, -0.2) is 56.4 Å². The summed E-state index contributed by atoms with van der Waals surface area (Å²) in [6, 6.07) is 15.0. The molecule has 38 heavy (non-hydrogen) atoms. The molecule has 2 heterocycles. The number of anilines is 1. The smallest absolute Gasteiger partial charge is 0.260 e. The first-order valence-electron chi connectivity index (χ1n) is 12.1. The number of pyridine rings is 1. The number of amides is 1. The molecule has 0 N–H and O–H groups in total. The van der Waals surface area contributed by atoms with E-state index >= 15 is 0 Å². The van der Waals surface area contributed by atoms with Crippen LogP contribution in [0, 0.1) is 0 Å². The van der Waals surface area contributed by atoms with Gasteiger partial charge in [-0.1, -0.05) is 30.7 Å². The van der Waals surface area contributed by atoms with Crippen LogP contribution < -0.4 is 14.4 Å². The van der Waals surface area contributed by atoms with Crippen LogP contribution in [0.25, 0.3) is 10.2 Å². The Kier molecular flexibility index (Phi) is 8.60. The number of nitrogens with zero attached hydrogens (tertiary/aromatic N) is 4. The zero-order chi connectivity index (χ0) is 27.3. The molecular formula is C27H30N4O5S2. The third-order valence-electron chi connectivity index (χ3n) is 6.06. The number of methoxy groups -OCH3 is 2. The van der Waals surface area contributed by atoms with E-state index in [1.165, 1.54) is 44.8 Å². The predicted octanol–water partition coefficient (Wildman–Crippen LogP) is 4.98. The molecule has 0 saturated carbocycles. The van der Waals surface area contributed by atoms with Crippen LogP contribution in [-0.2, 0) is 16.6 Å². The van der Waals surface area contributed by atoms with Crippen LogP contribution in [0.1, 0.15) is 35.8 Å². The normalized spacial score (nSPS) is 11.6. The number of sulfonamides is 1. The minimum absolute atomic E-state index is 0.137. The molecule has 0 unspecified atom stereocenters. The van der Waals surface area contributed by atoms with Gasteiger partial charge in [0.15, 0.2) is 5.13 Å². The third-order valence-corrected chi connectivity index (χ3v) is 9.02. The van der Waals surface area contributed by atoms with E-state index in [1.807, 2.05) is 19.1 Å². The topological polar surface area (TPSA) is 102 Å². The van der Waals surface area contributed by atoms with Crippen LogP contribution >= 0.6 is 11.3 Å². The summed E-state index contributed by atoms with van der Waals surface area (Å²) in [6.07, 6.45) is 3.33. The highest BCUT2D eigenvalue weighted by atomic mass is 32.2. The molecule has 0 aliphatic heterocycles. The molecule has 2 aromatic heterocycles. The van der Waals surface area contributed by atoms with E-state index in [1.54, 1.807) is 45.7 Å². The van der Waals surface area contributed by atoms with Gasteiger partial charge in [-0.15, -0.1) is 0 Å². The molecule has 0 bridgehead atoms. The molecule has 0 saturated heterocycles. The van der Waals surface area contributed by atoms with Gasteiger partial charge >= 0.3 is 0 Å². The van der Waals surface area contributed by atoms with Gasteiger partial charge in [0.05, 0.1) is 31.4 Å². The number of carbonyl (C=O) groups is 1. The Hall–Kier alpha value is -3.54. The van der Waals surface area contributed by atoms with Gasteiger partial charge in [-0.3, -0.25) is 14.7 Å². The van der Waals surface area contributed by atoms with E-state index in [-0.39, 0.29) is 17.3 Å². The lowest BCUT2D eigenvalue weighted by molar-refractivity contribution is 0.0984. The second-order valence-electron chi connectivity index (χ2n) is 8.56. The summed E-state index contributed by atoms with van der Waals surface area (Å²) in [7, 11) is 1.05. The van der Waals surface area contributed by atoms with Crippen LogP contribution in [0.2, 0.25) is 0 Å². The number of ether oxygens (including phenoxy) is 2.